The Balaban J connectivity index is 0.000000229. The van der Waals surface area contributed by atoms with Crippen LogP contribution >= 0.6 is 99.9 Å². The van der Waals surface area contributed by atoms with Crippen LogP contribution in [0.2, 0.25) is 39.0 Å². The first-order valence-electron chi connectivity index (χ1n) is 39.6. The van der Waals surface area contributed by atoms with Crippen LogP contribution in [0.25, 0.3) is 29.3 Å². The van der Waals surface area contributed by atoms with Crippen molar-refractivity contribution in [2.45, 2.75) is 332 Å². The van der Waals surface area contributed by atoms with Crippen molar-refractivity contribution in [1.29, 1.82) is 0 Å². The Labute approximate surface area is 652 Å². The number of hydrogen-bond acceptors (Lipinski definition) is 10. The van der Waals surface area contributed by atoms with E-state index >= 15 is 0 Å². The van der Waals surface area contributed by atoms with Gasteiger partial charge in [0.05, 0.1) is 34.7 Å². The van der Waals surface area contributed by atoms with Crippen LogP contribution in [0.1, 0.15) is 329 Å². The Morgan fingerprint density at radius 3 is 1.01 bits per heavy atom. The van der Waals surface area contributed by atoms with Gasteiger partial charge in [0, 0.05) is 37.5 Å². The molecule has 0 unspecified atom stereocenters. The van der Waals surface area contributed by atoms with E-state index in [1.807, 2.05) is 42.9 Å². The molecular weight excluding hydrogens is 1620 g/mol. The molecule has 4 amide bonds. The number of aryl methyl sites for hydroxylation is 3. The monoisotopic (exact) mass is 1750 g/mol. The van der Waals surface area contributed by atoms with Gasteiger partial charge in [-0.05, 0) is 93.1 Å². The van der Waals surface area contributed by atoms with Gasteiger partial charge in [-0.25, -0.2) is 0 Å². The van der Waals surface area contributed by atoms with E-state index in [9.17, 15) is 19.2 Å². The Morgan fingerprint density at radius 2 is 0.640 bits per heavy atom. The quantitative estimate of drug-likeness (QED) is 0.0217. The number of halogens is 3. The number of amides is 4. The van der Waals surface area contributed by atoms with Crippen molar-refractivity contribution in [1.82, 2.24) is 9.80 Å². The van der Waals surface area contributed by atoms with E-state index in [1.165, 1.54) is 265 Å². The standard InChI is InChI=1S/C40H59NO2S3Si.C25H39S2Si.C14H17Br2NO2S.3CH3.FH.Sn/c1-6-9-12-15-18-21-24-41-39(42)34-30(5)45-36(35(34)40(41)43)31-28-33-38(46-31)37-32(27-29(4)44-37)47(33,25-22-19-16-13-10-7-2)26-23-20-17-14-11-8-3;1-4-6-8-10-12-14-18-28(19-15-13-11-9-7-5-2)22-16-17-26-24(22)25-23(28)20-21(3)27-25;1-2-3-4-5-6-7-8-17-13(18)9-10(14(17)19)12(16)20-11(9)15;;;;;/h27-28H,6-26H2,1-5H3;16,20H,4-15,18-19H2,1-3H3;2-8H2,1H3;3*1H3;1H;. The summed E-state index contributed by atoms with van der Waals surface area (Å²) in [6.07, 6.45) is 47.1. The first-order valence-corrected chi connectivity index (χ1v) is 60.9. The molecule has 6 aromatic rings. The average Bonchev–Trinajstić information content (AvgIpc) is 1.55. The molecule has 556 valence electrons. The van der Waals surface area contributed by atoms with Crippen molar-refractivity contribution in [2.75, 3.05) is 13.1 Å². The molecule has 18 heteroatoms. The third kappa shape index (κ3) is 21.1. The van der Waals surface area contributed by atoms with Crippen LogP contribution in [-0.2, 0) is 0 Å². The van der Waals surface area contributed by atoms with E-state index in [0.29, 0.717) is 35.3 Å². The molecule has 4 aliphatic rings. The van der Waals surface area contributed by atoms with Gasteiger partial charge in [-0.2, -0.15) is 0 Å². The number of fused-ring (bicyclic) bond motifs is 8. The molecule has 6 nitrogen and oxygen atoms in total. The fourth-order valence-corrected chi connectivity index (χ4v) is 44.7. The van der Waals surface area contributed by atoms with Crippen LogP contribution < -0.4 is 23.6 Å². The molecule has 6 aromatic heterocycles. The van der Waals surface area contributed by atoms with Gasteiger partial charge in [0.2, 0.25) is 0 Å². The van der Waals surface area contributed by atoms with Gasteiger partial charge in [0.25, 0.3) is 23.6 Å². The topological polar surface area (TPSA) is 74.8 Å². The van der Waals surface area contributed by atoms with E-state index in [0.717, 1.165) is 43.0 Å². The summed E-state index contributed by atoms with van der Waals surface area (Å²) in [5.41, 5.74) is 2.44. The van der Waals surface area contributed by atoms with Gasteiger partial charge in [0.15, 0.2) is 0 Å². The molecule has 0 aromatic carbocycles. The number of carbonyl (C=O) groups excluding carboxylic acids is 4. The third-order valence-electron chi connectivity index (χ3n) is 21.7. The van der Waals surface area contributed by atoms with Gasteiger partial charge >= 0.3 is 214 Å². The second-order valence-corrected chi connectivity index (χ2v) is 64.0. The summed E-state index contributed by atoms with van der Waals surface area (Å²) in [7, 11) is -3.53. The van der Waals surface area contributed by atoms with Gasteiger partial charge in [-0.1, -0.05) is 169 Å². The summed E-state index contributed by atoms with van der Waals surface area (Å²) < 4.78 is 3.30. The van der Waals surface area contributed by atoms with Crippen LogP contribution in [0.15, 0.2) is 31.8 Å². The van der Waals surface area contributed by atoms with E-state index in [2.05, 4.69) is 149 Å². The van der Waals surface area contributed by atoms with E-state index in [4.69, 9.17) is 0 Å². The maximum absolute atomic E-state index is 13.9. The minimum absolute atomic E-state index is 0. The number of rotatable bonds is 44. The molecule has 0 saturated carbocycles. The molecular formula is C82H125Br2FN2O4S6Si2Sn. The number of hydrogen-bond donors (Lipinski definition) is 0. The molecule has 0 radical (unpaired) electrons. The normalized spacial score (nSPS) is 14.5. The summed E-state index contributed by atoms with van der Waals surface area (Å²) >= 11 is 16.0. The Kier molecular flexibility index (Phi) is 36.4. The van der Waals surface area contributed by atoms with Crippen LogP contribution in [0.4, 0.5) is 4.70 Å². The summed E-state index contributed by atoms with van der Waals surface area (Å²) in [6, 6.07) is 16.3. The van der Waals surface area contributed by atoms with Gasteiger partial charge in [0.1, 0.15) is 8.07 Å². The summed E-state index contributed by atoms with van der Waals surface area (Å²) in [6.45, 7) is 21.5. The summed E-state index contributed by atoms with van der Waals surface area (Å²) in [5.74, 6) is -0.435. The zero-order valence-electron chi connectivity index (χ0n) is 63.6. The minimum atomic E-state index is -2.05. The van der Waals surface area contributed by atoms with Crippen molar-refractivity contribution in [3.63, 3.8) is 0 Å². The van der Waals surface area contributed by atoms with Crippen molar-refractivity contribution < 1.29 is 23.9 Å². The molecule has 0 bridgehead atoms. The smallest absolute Gasteiger partial charge is 0.269 e. The number of unbranched alkanes of at least 4 members (excludes halogenated alkanes) is 30. The molecule has 0 fully saturated rings. The SMILES string of the molecule is CCCCCCCCN1C(=O)c2c(Br)sc(Br)c2C1=O.CCCCCCCCN1C(=O)c2c(C)sc(-c3cc4c(s3)-c3sc(C)cc3[Si]4(CCCCCCCC)CCCCCCCC)c2C1=O.CCCCCCCC[Si]1(CCCCCCCC)c2cc(C)sc2-c2s[c]([Sn]([CH3])([CH3])[CH3])cc21.F. The molecule has 0 atom stereocenters. The molecule has 0 aliphatic carbocycles. The summed E-state index contributed by atoms with van der Waals surface area (Å²) in [4.78, 5) is 75.6. The Hall–Kier alpha value is -1.40. The zero-order valence-corrected chi connectivity index (χ0v) is 76.6. The van der Waals surface area contributed by atoms with Gasteiger partial charge in [-0.3, -0.25) is 33.7 Å². The fraction of sp³-hybridized carbons (Fsp3) is 0.659. The number of thiophene rings is 6. The molecule has 0 N–H and O–H groups in total. The van der Waals surface area contributed by atoms with Crippen LogP contribution in [0, 0.1) is 20.8 Å². The van der Waals surface area contributed by atoms with Crippen LogP contribution in [0.3, 0.4) is 0 Å². The van der Waals surface area contributed by atoms with Gasteiger partial charge < -0.3 is 0 Å². The van der Waals surface area contributed by atoms with Crippen molar-refractivity contribution in [3.8, 4) is 29.3 Å². The molecule has 10 heterocycles. The van der Waals surface area contributed by atoms with E-state index in [-0.39, 0.29) is 28.3 Å². The Bertz CT molecular complexity index is 3500. The number of nitrogens with zero attached hydrogens (tertiary/aromatic N) is 2. The van der Waals surface area contributed by atoms with Crippen LogP contribution in [-0.4, -0.2) is 81.0 Å². The summed E-state index contributed by atoms with van der Waals surface area (Å²) in [5, 5.41) is 7.13. The number of imide groups is 2. The van der Waals surface area contributed by atoms with E-state index in [1.54, 1.807) is 41.2 Å². The first-order chi connectivity index (χ1) is 47.8. The van der Waals surface area contributed by atoms with Crippen LogP contribution in [0.5, 0.6) is 0 Å². The van der Waals surface area contributed by atoms with Crippen molar-refractivity contribution in [3.05, 3.63) is 68.7 Å². The zero-order chi connectivity index (χ0) is 71.3. The van der Waals surface area contributed by atoms with Crippen molar-refractivity contribution >= 4 is 182 Å². The molecule has 10 rings (SSSR count). The fourth-order valence-electron chi connectivity index (χ4n) is 16.0. The second kappa shape index (κ2) is 42.4. The second-order valence-electron chi connectivity index (χ2n) is 30.6. The van der Waals surface area contributed by atoms with E-state index < -0.39 is 34.5 Å². The maximum Gasteiger partial charge on any atom is -0.269 e. The third-order valence-corrected chi connectivity index (χ3v) is 50.9. The molecule has 0 saturated heterocycles. The Morgan fingerprint density at radius 1 is 0.340 bits per heavy atom. The molecule has 4 aliphatic heterocycles. The van der Waals surface area contributed by atoms with Gasteiger partial charge in [-0.15, -0.1) is 45.3 Å². The maximum atomic E-state index is 13.9. The predicted molar refractivity (Wildman–Crippen MR) is 458 cm³/mol. The molecule has 100 heavy (non-hydrogen) atoms. The average molecular weight is 1750 g/mol. The van der Waals surface area contributed by atoms with Crippen molar-refractivity contribution in [2.24, 2.45) is 0 Å². The number of carbonyl (C=O) groups is 4. The largest absolute Gasteiger partial charge is 0.269 e. The predicted octanol–water partition coefficient (Wildman–Crippen LogP) is 26.7. The molecule has 0 spiro atoms. The first kappa shape index (κ1) is 85.8. The minimum Gasteiger partial charge on any atom is -0.269 e.